The average Bonchev–Trinajstić information content (AvgIpc) is 1.81. The molecule has 0 aliphatic carbocycles. The Kier molecular flexibility index (Phi) is 8.96. The molecule has 0 heterocycles. The molecule has 3 heteroatoms. The summed E-state index contributed by atoms with van der Waals surface area (Å²) in [5, 5.41) is 0. The molecule has 0 aromatic rings. The molecular formula is C5H9I2N. The van der Waals surface area contributed by atoms with E-state index in [0.29, 0.717) is 21.2 Å². The molecule has 0 aliphatic heterocycles. The summed E-state index contributed by atoms with van der Waals surface area (Å²) < 4.78 is 7.35. The SMILES string of the molecule is CN[I+]C#CC[I-]C. The summed E-state index contributed by atoms with van der Waals surface area (Å²) in [6, 6.07) is 0. The van der Waals surface area contributed by atoms with Crippen LogP contribution in [0.1, 0.15) is 0 Å². The maximum atomic E-state index is 3.12. The van der Waals surface area contributed by atoms with E-state index in [1.165, 1.54) is 4.43 Å². The van der Waals surface area contributed by atoms with Crippen LogP contribution < -0.4 is 46.2 Å². The van der Waals surface area contributed by atoms with Crippen molar-refractivity contribution in [1.29, 1.82) is 0 Å². The Morgan fingerprint density at radius 1 is 1.75 bits per heavy atom. The number of alkyl halides is 2. The molecule has 0 radical (unpaired) electrons. The van der Waals surface area contributed by atoms with Crippen molar-refractivity contribution in [2.75, 3.05) is 16.4 Å². The Morgan fingerprint density at radius 3 is 3.00 bits per heavy atom. The summed E-state index contributed by atoms with van der Waals surface area (Å²) in [5.41, 5.74) is 0. The van der Waals surface area contributed by atoms with E-state index in [-0.39, 0.29) is 21.5 Å². The first-order valence-electron chi connectivity index (χ1n) is 2.13. The molecule has 0 saturated carbocycles. The standard InChI is InChI=1S/C5H9I2N/c1-6-4-3-5-7-8-2/h8H,4H2,1-2H3. The first-order valence-corrected chi connectivity index (χ1v) is 7.97. The molecule has 0 aromatic heterocycles. The second-order valence-corrected chi connectivity index (χ2v) is 5.40. The second-order valence-electron chi connectivity index (χ2n) is 0.956. The minimum absolute atomic E-state index is 0.0219. The molecule has 0 saturated heterocycles. The van der Waals surface area contributed by atoms with E-state index in [2.05, 4.69) is 18.3 Å². The molecule has 0 aromatic carbocycles. The fourth-order valence-corrected chi connectivity index (χ4v) is 2.13. The molecule has 1 N–H and O–H groups in total. The van der Waals surface area contributed by atoms with Gasteiger partial charge in [-0.05, 0) is 0 Å². The first kappa shape index (κ1) is 8.98. The van der Waals surface area contributed by atoms with Gasteiger partial charge in [0.05, 0.1) is 0 Å². The Morgan fingerprint density at radius 2 is 2.50 bits per heavy atom. The first-order chi connectivity index (χ1) is 3.91. The van der Waals surface area contributed by atoms with Gasteiger partial charge in [-0.3, -0.25) is 0 Å². The number of hydrogen-bond acceptors (Lipinski definition) is 1. The van der Waals surface area contributed by atoms with Gasteiger partial charge in [-0.2, -0.15) is 0 Å². The van der Waals surface area contributed by atoms with E-state index < -0.39 is 0 Å². The van der Waals surface area contributed by atoms with Crippen LogP contribution >= 0.6 is 0 Å². The van der Waals surface area contributed by atoms with Crippen molar-refractivity contribution in [3.05, 3.63) is 0 Å². The Bertz CT molecular complexity index is 82.3. The molecule has 0 spiro atoms. The van der Waals surface area contributed by atoms with Crippen molar-refractivity contribution in [1.82, 2.24) is 3.53 Å². The third kappa shape index (κ3) is 6.98. The summed E-state index contributed by atoms with van der Waals surface area (Å²) in [4.78, 5) is 2.26. The Labute approximate surface area is 71.9 Å². The molecule has 48 valence electrons. The van der Waals surface area contributed by atoms with Gasteiger partial charge in [0.2, 0.25) is 0 Å². The van der Waals surface area contributed by atoms with Crippen LogP contribution in [0.5, 0.6) is 0 Å². The summed E-state index contributed by atoms with van der Waals surface area (Å²) >= 11 is 0.428. The van der Waals surface area contributed by atoms with Crippen molar-refractivity contribution in [3.8, 4) is 9.85 Å². The fourth-order valence-electron chi connectivity index (χ4n) is 0.173. The van der Waals surface area contributed by atoms with Crippen molar-refractivity contribution in [3.63, 3.8) is 0 Å². The van der Waals surface area contributed by atoms with Gasteiger partial charge in [0.25, 0.3) is 0 Å². The van der Waals surface area contributed by atoms with Crippen molar-refractivity contribution in [2.24, 2.45) is 0 Å². The summed E-state index contributed by atoms with van der Waals surface area (Å²) in [6.07, 6.45) is 0. The van der Waals surface area contributed by atoms with Crippen LogP contribution in [0.25, 0.3) is 0 Å². The summed E-state index contributed by atoms with van der Waals surface area (Å²) in [5.74, 6) is 3.12. The van der Waals surface area contributed by atoms with E-state index in [1.807, 2.05) is 7.05 Å². The normalized spacial score (nSPS) is 8.25. The molecule has 1 nitrogen and oxygen atoms in total. The zero-order chi connectivity index (χ0) is 6.24. The van der Waals surface area contributed by atoms with Crippen molar-refractivity contribution >= 4 is 0 Å². The Balaban J connectivity index is 2.95. The number of rotatable bonds is 2. The third-order valence-electron chi connectivity index (χ3n) is 0.409. The van der Waals surface area contributed by atoms with Crippen molar-refractivity contribution in [2.45, 2.75) is 0 Å². The maximum absolute atomic E-state index is 3.12. The molecule has 0 amide bonds. The predicted octanol–water partition coefficient (Wildman–Crippen LogP) is -6.11. The number of hydrogen-bond donors (Lipinski definition) is 1. The van der Waals surface area contributed by atoms with Gasteiger partial charge >= 0.3 is 72.5 Å². The van der Waals surface area contributed by atoms with Crippen LogP contribution in [0.4, 0.5) is 0 Å². The minimum atomic E-state index is 0.0219. The van der Waals surface area contributed by atoms with Gasteiger partial charge in [0.1, 0.15) is 0 Å². The van der Waals surface area contributed by atoms with Gasteiger partial charge in [-0.1, -0.05) is 0 Å². The zero-order valence-electron chi connectivity index (χ0n) is 4.96. The van der Waals surface area contributed by atoms with Gasteiger partial charge in [-0.15, -0.1) is 0 Å². The van der Waals surface area contributed by atoms with E-state index in [0.717, 1.165) is 0 Å². The second kappa shape index (κ2) is 7.98. The van der Waals surface area contributed by atoms with E-state index in [4.69, 9.17) is 0 Å². The average molecular weight is 337 g/mol. The van der Waals surface area contributed by atoms with Crippen LogP contribution in [0.3, 0.4) is 0 Å². The molecule has 0 bridgehead atoms. The Hall–Kier alpha value is 0.980. The molecular weight excluding hydrogens is 328 g/mol. The summed E-state index contributed by atoms with van der Waals surface area (Å²) in [7, 11) is 1.96. The van der Waals surface area contributed by atoms with Crippen LogP contribution in [-0.2, 0) is 0 Å². The summed E-state index contributed by atoms with van der Waals surface area (Å²) in [6.45, 7) is 0. The number of halogens is 2. The van der Waals surface area contributed by atoms with Gasteiger partial charge in [0.15, 0.2) is 0 Å². The van der Waals surface area contributed by atoms with E-state index in [1.54, 1.807) is 0 Å². The molecule has 8 heavy (non-hydrogen) atoms. The predicted molar refractivity (Wildman–Crippen MR) is 27.6 cm³/mol. The quantitative estimate of drug-likeness (QED) is 0.229. The topological polar surface area (TPSA) is 12.0 Å². The van der Waals surface area contributed by atoms with E-state index >= 15 is 0 Å². The number of nitrogens with one attached hydrogen (secondary N) is 1. The molecule has 0 rings (SSSR count). The molecule has 0 fully saturated rings. The van der Waals surface area contributed by atoms with Crippen LogP contribution in [-0.4, -0.2) is 16.4 Å². The van der Waals surface area contributed by atoms with Gasteiger partial charge in [-0.25, -0.2) is 0 Å². The van der Waals surface area contributed by atoms with Gasteiger partial charge < -0.3 is 0 Å². The fraction of sp³-hybridized carbons (Fsp3) is 0.600. The molecule has 0 unspecified atom stereocenters. The van der Waals surface area contributed by atoms with Crippen LogP contribution in [0, 0.1) is 9.85 Å². The van der Waals surface area contributed by atoms with Gasteiger partial charge in [0, 0.05) is 0 Å². The third-order valence-corrected chi connectivity index (χ3v) is 2.74. The van der Waals surface area contributed by atoms with Crippen LogP contribution in [0.15, 0.2) is 0 Å². The van der Waals surface area contributed by atoms with Crippen LogP contribution in [0.2, 0.25) is 0 Å². The van der Waals surface area contributed by atoms with Crippen molar-refractivity contribution < 1.29 is 42.7 Å². The monoisotopic (exact) mass is 337 g/mol. The molecule has 0 aliphatic rings. The van der Waals surface area contributed by atoms with E-state index in [9.17, 15) is 0 Å². The zero-order valence-corrected chi connectivity index (χ0v) is 9.28. The molecule has 0 atom stereocenters.